The lowest BCUT2D eigenvalue weighted by atomic mass is 10.0. The smallest absolute Gasteiger partial charge is 0.110 e. The largest absolute Gasteiger partial charge is 0.150 e. The van der Waals surface area contributed by atoms with Gasteiger partial charge in [-0.05, 0) is 20.3 Å². The van der Waals surface area contributed by atoms with Crippen LogP contribution in [-0.2, 0) is 0 Å². The second-order valence-corrected chi connectivity index (χ2v) is 3.57. The topological polar surface area (TPSA) is 29.4 Å². The van der Waals surface area contributed by atoms with E-state index < -0.39 is 4.87 Å². The third-order valence-corrected chi connectivity index (χ3v) is 1.56. The highest BCUT2D eigenvalue weighted by Crippen LogP contribution is 2.22. The van der Waals surface area contributed by atoms with Crippen LogP contribution in [0.25, 0.3) is 0 Å². The van der Waals surface area contributed by atoms with Gasteiger partial charge in [0.05, 0.1) is 4.87 Å². The van der Waals surface area contributed by atoms with Crippen LogP contribution in [0.1, 0.15) is 27.2 Å². The van der Waals surface area contributed by atoms with E-state index in [1.165, 1.54) is 0 Å². The van der Waals surface area contributed by atoms with Gasteiger partial charge in [-0.3, -0.25) is 0 Å². The summed E-state index contributed by atoms with van der Waals surface area (Å²) >= 11 is 5.81. The van der Waals surface area contributed by atoms with Crippen LogP contribution in [-0.4, -0.2) is 10.9 Å². The fourth-order valence-electron chi connectivity index (χ4n) is 0.685. The quantitative estimate of drug-likeness (QED) is 0.448. The van der Waals surface area contributed by atoms with E-state index >= 15 is 0 Å². The molecule has 0 aromatic carbocycles. The number of alkyl halides is 1. The monoisotopic (exact) mass is 149 g/mol. The summed E-state index contributed by atoms with van der Waals surface area (Å²) in [7, 11) is 0. The van der Waals surface area contributed by atoms with Crippen LogP contribution in [0.3, 0.4) is 0 Å². The van der Waals surface area contributed by atoms with Crippen LogP contribution in [0.15, 0.2) is 5.18 Å². The molecular weight excluding hydrogens is 138 g/mol. The maximum Gasteiger partial charge on any atom is 0.110 e. The van der Waals surface area contributed by atoms with E-state index in [-0.39, 0.29) is 6.04 Å². The minimum atomic E-state index is -0.490. The number of halogens is 1. The number of nitroso groups, excluding NO2 is 1. The highest BCUT2D eigenvalue weighted by molar-refractivity contribution is 6.23. The first-order valence-corrected chi connectivity index (χ1v) is 3.41. The fraction of sp³-hybridized carbons (Fsp3) is 1.00. The number of hydrogen-bond acceptors (Lipinski definition) is 2. The molecule has 54 valence electrons. The summed E-state index contributed by atoms with van der Waals surface area (Å²) in [6.45, 7) is 5.49. The van der Waals surface area contributed by atoms with Crippen LogP contribution in [0.5, 0.6) is 0 Å². The molecule has 2 nitrogen and oxygen atoms in total. The van der Waals surface area contributed by atoms with E-state index in [0.29, 0.717) is 6.42 Å². The first-order valence-electron chi connectivity index (χ1n) is 3.03. The van der Waals surface area contributed by atoms with Crippen molar-refractivity contribution >= 4 is 11.6 Å². The van der Waals surface area contributed by atoms with Gasteiger partial charge in [0.1, 0.15) is 6.04 Å². The van der Waals surface area contributed by atoms with Gasteiger partial charge in [-0.15, -0.1) is 11.6 Å². The van der Waals surface area contributed by atoms with Gasteiger partial charge in [0.15, 0.2) is 0 Å². The van der Waals surface area contributed by atoms with Crippen LogP contribution in [0.2, 0.25) is 0 Å². The molecule has 0 N–H and O–H groups in total. The van der Waals surface area contributed by atoms with Gasteiger partial charge in [0.25, 0.3) is 0 Å². The van der Waals surface area contributed by atoms with Crippen molar-refractivity contribution in [2.24, 2.45) is 5.18 Å². The summed E-state index contributed by atoms with van der Waals surface area (Å²) in [5.74, 6) is 0. The molecule has 0 heterocycles. The number of nitrogens with zero attached hydrogens (tertiary/aromatic N) is 1. The van der Waals surface area contributed by atoms with Crippen LogP contribution in [0, 0.1) is 4.91 Å². The van der Waals surface area contributed by atoms with Crippen molar-refractivity contribution < 1.29 is 0 Å². The standard InChI is InChI=1S/C6H12ClNO/c1-4-5(8-9)6(2,3)7/h5H,4H2,1-3H3. The molecular formula is C6H12ClNO. The molecule has 0 spiro atoms. The third kappa shape index (κ3) is 2.80. The normalized spacial score (nSPS) is 15.1. The van der Waals surface area contributed by atoms with E-state index in [1.54, 1.807) is 13.8 Å². The van der Waals surface area contributed by atoms with Crippen molar-refractivity contribution in [1.82, 2.24) is 0 Å². The lowest BCUT2D eigenvalue weighted by Crippen LogP contribution is -2.27. The predicted molar refractivity (Wildman–Crippen MR) is 39.8 cm³/mol. The molecule has 0 fully saturated rings. The summed E-state index contributed by atoms with van der Waals surface area (Å²) in [5.41, 5.74) is 0. The van der Waals surface area contributed by atoms with Crippen molar-refractivity contribution in [3.05, 3.63) is 4.91 Å². The Morgan fingerprint density at radius 1 is 1.67 bits per heavy atom. The second-order valence-electron chi connectivity index (χ2n) is 2.59. The van der Waals surface area contributed by atoms with Gasteiger partial charge < -0.3 is 0 Å². The molecule has 9 heavy (non-hydrogen) atoms. The fourth-order valence-corrected chi connectivity index (χ4v) is 0.879. The summed E-state index contributed by atoms with van der Waals surface area (Å²) in [6.07, 6.45) is 0.708. The molecule has 0 saturated carbocycles. The summed E-state index contributed by atoms with van der Waals surface area (Å²) in [5, 5.41) is 2.90. The summed E-state index contributed by atoms with van der Waals surface area (Å²) < 4.78 is 0. The molecule has 0 amide bonds. The Morgan fingerprint density at radius 2 is 2.11 bits per heavy atom. The highest BCUT2D eigenvalue weighted by Gasteiger charge is 2.25. The Labute approximate surface area is 60.6 Å². The van der Waals surface area contributed by atoms with Gasteiger partial charge in [0.2, 0.25) is 0 Å². The molecule has 0 aromatic rings. The predicted octanol–water partition coefficient (Wildman–Crippen LogP) is 2.55. The van der Waals surface area contributed by atoms with Crippen molar-refractivity contribution in [2.75, 3.05) is 0 Å². The third-order valence-electron chi connectivity index (χ3n) is 1.31. The summed E-state index contributed by atoms with van der Waals surface area (Å²) in [6, 6.07) is -0.265. The van der Waals surface area contributed by atoms with Gasteiger partial charge in [-0.1, -0.05) is 12.1 Å². The maximum absolute atomic E-state index is 10.0. The van der Waals surface area contributed by atoms with Gasteiger partial charge in [-0.25, -0.2) is 0 Å². The van der Waals surface area contributed by atoms with Crippen LogP contribution in [0.4, 0.5) is 0 Å². The Kier molecular flexibility index (Phi) is 3.12. The molecule has 1 unspecified atom stereocenters. The van der Waals surface area contributed by atoms with E-state index in [1.807, 2.05) is 6.92 Å². The molecule has 0 rings (SSSR count). The lowest BCUT2D eigenvalue weighted by molar-refractivity contribution is 0.513. The van der Waals surface area contributed by atoms with Crippen molar-refractivity contribution in [1.29, 1.82) is 0 Å². The summed E-state index contributed by atoms with van der Waals surface area (Å²) in [4.78, 5) is 9.56. The lowest BCUT2D eigenvalue weighted by Gasteiger charge is -2.19. The molecule has 0 radical (unpaired) electrons. The van der Waals surface area contributed by atoms with Crippen LogP contribution < -0.4 is 0 Å². The average Bonchev–Trinajstić information content (AvgIpc) is 1.65. The molecule has 0 saturated heterocycles. The zero-order valence-corrected chi connectivity index (χ0v) is 6.77. The van der Waals surface area contributed by atoms with Crippen molar-refractivity contribution in [3.63, 3.8) is 0 Å². The molecule has 0 aliphatic carbocycles. The Hall–Kier alpha value is -0.110. The van der Waals surface area contributed by atoms with Gasteiger partial charge in [0, 0.05) is 0 Å². The first-order chi connectivity index (χ1) is 4.02. The Bertz CT molecular complexity index is 97.7. The second kappa shape index (κ2) is 3.16. The molecule has 3 heteroatoms. The Balaban J connectivity index is 3.94. The van der Waals surface area contributed by atoms with E-state index in [9.17, 15) is 4.91 Å². The minimum Gasteiger partial charge on any atom is -0.150 e. The molecule has 0 aliphatic rings. The van der Waals surface area contributed by atoms with Gasteiger partial charge in [-0.2, -0.15) is 4.91 Å². The van der Waals surface area contributed by atoms with Crippen molar-refractivity contribution in [3.8, 4) is 0 Å². The molecule has 0 aliphatic heterocycles. The van der Waals surface area contributed by atoms with Gasteiger partial charge >= 0.3 is 0 Å². The SMILES string of the molecule is CCC(N=O)C(C)(C)Cl. The van der Waals surface area contributed by atoms with Crippen LogP contribution >= 0.6 is 11.6 Å². The Morgan fingerprint density at radius 3 is 2.11 bits per heavy atom. The van der Waals surface area contributed by atoms with Crippen molar-refractivity contribution in [2.45, 2.75) is 38.1 Å². The highest BCUT2D eigenvalue weighted by atomic mass is 35.5. The average molecular weight is 150 g/mol. The molecule has 1 atom stereocenters. The molecule has 0 bridgehead atoms. The maximum atomic E-state index is 10.0. The van der Waals surface area contributed by atoms with E-state index in [0.717, 1.165) is 0 Å². The first kappa shape index (κ1) is 8.89. The number of hydrogen-bond donors (Lipinski definition) is 0. The zero-order chi connectivity index (χ0) is 7.49. The molecule has 0 aromatic heterocycles. The minimum absolute atomic E-state index is 0.265. The zero-order valence-electron chi connectivity index (χ0n) is 6.02. The van der Waals surface area contributed by atoms with E-state index in [4.69, 9.17) is 11.6 Å². The number of rotatable bonds is 3. The van der Waals surface area contributed by atoms with E-state index in [2.05, 4.69) is 5.18 Å².